The van der Waals surface area contributed by atoms with Crippen LogP contribution in [0.1, 0.15) is 182 Å². The maximum Gasteiger partial charge on any atom is 0.334 e. The summed E-state index contributed by atoms with van der Waals surface area (Å²) in [5, 5.41) is 2.35. The number of hydrogen-bond donors (Lipinski definition) is 0. The first kappa shape index (κ1) is 59.4. The molecule has 11 nitrogen and oxygen atoms in total. The van der Waals surface area contributed by atoms with Crippen LogP contribution in [0.5, 0.6) is 0 Å². The van der Waals surface area contributed by atoms with Crippen molar-refractivity contribution in [1.29, 1.82) is 0 Å². The third-order valence-electron chi connectivity index (χ3n) is 15.0. The van der Waals surface area contributed by atoms with Gasteiger partial charge in [0.2, 0.25) is 0 Å². The first-order chi connectivity index (χ1) is 34.5. The Morgan fingerprint density at radius 3 is 1.72 bits per heavy atom. The van der Waals surface area contributed by atoms with Crippen LogP contribution in [-0.2, 0) is 51.9 Å². The zero-order valence-electron chi connectivity index (χ0n) is 45.4. The van der Waals surface area contributed by atoms with Crippen molar-refractivity contribution in [2.24, 2.45) is 0 Å². The van der Waals surface area contributed by atoms with E-state index in [0.717, 1.165) is 102 Å². The SMILES string of the molecule is CCCCCCCCCC[C@@H]1O[C@H]([C@H](CC[C@H](OCOC)[C@@H]2CC[C@@H](CCCCCCC[C@H](CC3=C[C@H](C)OC3=O)O[Si](c3ccccc3)(c3ccccc3)C(C)(C)C)O2)OCOC)CC[C@H]1OCOC. The van der Waals surface area contributed by atoms with Crippen molar-refractivity contribution >= 4 is 24.7 Å². The number of benzene rings is 2. The monoisotopic (exact) mass is 1010 g/mol. The number of ether oxygens (including phenoxy) is 9. The Kier molecular flexibility index (Phi) is 27.4. The fraction of sp³-hybridized carbons (Fsp3) is 0.746. The van der Waals surface area contributed by atoms with Crippen molar-refractivity contribution < 1.29 is 51.9 Å². The molecule has 2 saturated heterocycles. The maximum absolute atomic E-state index is 13.0. The van der Waals surface area contributed by atoms with Crippen molar-refractivity contribution in [2.75, 3.05) is 41.7 Å². The highest BCUT2D eigenvalue weighted by Crippen LogP contribution is 2.40. The van der Waals surface area contributed by atoms with Gasteiger partial charge in [0.1, 0.15) is 26.5 Å². The number of carbonyl (C=O) groups is 1. The first-order valence-electron chi connectivity index (χ1n) is 27.9. The zero-order valence-corrected chi connectivity index (χ0v) is 46.4. The van der Waals surface area contributed by atoms with E-state index in [9.17, 15) is 4.79 Å². The summed E-state index contributed by atoms with van der Waals surface area (Å²) in [6, 6.07) is 21.6. The standard InChI is InChI=1S/C59H96O11Si/c1-9-10-11-12-13-14-18-27-34-55-52(64-43-61-6)39-40-57(69-55)54(66-45-63-8)38-37-53(65-44-62-7)56-36-35-48(68-56)28-21-16-15-17-22-29-49(42-47-41-46(2)67-58(47)60)70-71(59(3,4)5,50-30-23-19-24-31-50)51-32-25-20-26-33-51/h19-20,23-26,30-33,41,46,48-49,52-57H,9-18,21-22,27-29,34-40,42-45H2,1-8H3/t46-,48+,49+,52+,53-,54-,55-,56-,57-/m0/s1. The summed E-state index contributed by atoms with van der Waals surface area (Å²) < 4.78 is 61.9. The number of hydrogen-bond acceptors (Lipinski definition) is 11. The van der Waals surface area contributed by atoms with Gasteiger partial charge in [0, 0.05) is 33.3 Å². The van der Waals surface area contributed by atoms with E-state index in [2.05, 4.69) is 88.4 Å². The fourth-order valence-electron chi connectivity index (χ4n) is 11.3. The molecular weight excluding hydrogens is 913 g/mol. The normalized spacial score (nSPS) is 23.2. The van der Waals surface area contributed by atoms with Crippen LogP contribution in [-0.4, -0.2) is 111 Å². The summed E-state index contributed by atoms with van der Waals surface area (Å²) in [6.07, 6.45) is 26.2. The average Bonchev–Trinajstić information content (AvgIpc) is 3.98. The van der Waals surface area contributed by atoms with Gasteiger partial charge in [-0.1, -0.05) is 172 Å². The highest BCUT2D eigenvalue weighted by Gasteiger charge is 2.51. The number of methoxy groups -OCH3 is 3. The molecule has 402 valence electrons. The van der Waals surface area contributed by atoms with Crippen molar-refractivity contribution in [3.63, 3.8) is 0 Å². The molecule has 0 radical (unpaired) electrons. The Morgan fingerprint density at radius 1 is 0.634 bits per heavy atom. The Bertz CT molecular complexity index is 1700. The topological polar surface area (TPSA) is 109 Å². The van der Waals surface area contributed by atoms with Crippen molar-refractivity contribution in [1.82, 2.24) is 0 Å². The molecule has 3 aliphatic rings. The van der Waals surface area contributed by atoms with E-state index < -0.39 is 8.32 Å². The molecule has 3 heterocycles. The van der Waals surface area contributed by atoms with E-state index in [0.29, 0.717) is 6.42 Å². The minimum Gasteiger partial charge on any atom is -0.455 e. The molecule has 3 aliphatic heterocycles. The number of esters is 1. The third kappa shape index (κ3) is 19.3. The number of rotatable bonds is 37. The highest BCUT2D eigenvalue weighted by atomic mass is 28.4. The second-order valence-corrected chi connectivity index (χ2v) is 25.8. The van der Waals surface area contributed by atoms with E-state index in [4.69, 9.17) is 47.1 Å². The minimum atomic E-state index is -2.82. The Morgan fingerprint density at radius 2 is 1.17 bits per heavy atom. The quantitative estimate of drug-likeness (QED) is 0.0279. The molecule has 0 saturated carbocycles. The third-order valence-corrected chi connectivity index (χ3v) is 20.1. The minimum absolute atomic E-state index is 0.00839. The van der Waals surface area contributed by atoms with Crippen LogP contribution in [0.4, 0.5) is 0 Å². The van der Waals surface area contributed by atoms with E-state index in [-0.39, 0.29) is 86.3 Å². The van der Waals surface area contributed by atoms with Crippen LogP contribution in [0.3, 0.4) is 0 Å². The molecule has 0 spiro atoms. The summed E-state index contributed by atoms with van der Waals surface area (Å²) in [5.41, 5.74) is 0.739. The van der Waals surface area contributed by atoms with Gasteiger partial charge in [-0.3, -0.25) is 0 Å². The molecule has 2 aromatic carbocycles. The summed E-state index contributed by atoms with van der Waals surface area (Å²) in [7, 11) is 2.21. The lowest BCUT2D eigenvalue weighted by Gasteiger charge is -2.45. The summed E-state index contributed by atoms with van der Waals surface area (Å²) in [6.45, 7) is 11.9. The smallest absolute Gasteiger partial charge is 0.334 e. The van der Waals surface area contributed by atoms with Gasteiger partial charge in [-0.05, 0) is 86.2 Å². The zero-order chi connectivity index (χ0) is 50.7. The number of cyclic esters (lactones) is 1. The molecule has 12 heteroatoms. The molecule has 9 atom stereocenters. The molecule has 0 amide bonds. The molecule has 5 rings (SSSR count). The Balaban J connectivity index is 1.11. The van der Waals surface area contributed by atoms with Gasteiger partial charge in [-0.25, -0.2) is 4.79 Å². The predicted octanol–water partition coefficient (Wildman–Crippen LogP) is 12.3. The van der Waals surface area contributed by atoms with Crippen molar-refractivity contribution in [3.05, 3.63) is 72.3 Å². The van der Waals surface area contributed by atoms with Gasteiger partial charge >= 0.3 is 5.97 Å². The summed E-state index contributed by atoms with van der Waals surface area (Å²) in [4.78, 5) is 13.0. The first-order valence-corrected chi connectivity index (χ1v) is 29.8. The van der Waals surface area contributed by atoms with E-state index in [1.165, 1.54) is 55.3 Å². The molecule has 2 fully saturated rings. The van der Waals surface area contributed by atoms with Gasteiger partial charge in [-0.15, -0.1) is 0 Å². The summed E-state index contributed by atoms with van der Waals surface area (Å²) >= 11 is 0. The van der Waals surface area contributed by atoms with Gasteiger partial charge < -0.3 is 47.1 Å². The molecular formula is C59H96O11Si. The van der Waals surface area contributed by atoms with Gasteiger partial charge in [0.15, 0.2) is 0 Å². The van der Waals surface area contributed by atoms with Crippen molar-refractivity contribution in [3.8, 4) is 0 Å². The highest BCUT2D eigenvalue weighted by molar-refractivity contribution is 6.99. The molecule has 0 unspecified atom stereocenters. The molecule has 0 aromatic heterocycles. The van der Waals surface area contributed by atoms with Crippen LogP contribution < -0.4 is 10.4 Å². The lowest BCUT2D eigenvalue weighted by atomic mass is 9.92. The predicted molar refractivity (Wildman–Crippen MR) is 286 cm³/mol. The van der Waals surface area contributed by atoms with E-state index in [1.54, 1.807) is 21.3 Å². The van der Waals surface area contributed by atoms with Crippen LogP contribution in [0.2, 0.25) is 5.04 Å². The summed E-state index contributed by atoms with van der Waals surface area (Å²) in [5.74, 6) is -0.212. The molecule has 0 bridgehead atoms. The molecule has 71 heavy (non-hydrogen) atoms. The van der Waals surface area contributed by atoms with E-state index >= 15 is 0 Å². The largest absolute Gasteiger partial charge is 0.455 e. The number of carbonyl (C=O) groups excluding carboxylic acids is 1. The van der Waals surface area contributed by atoms with Gasteiger partial charge in [-0.2, -0.15) is 0 Å². The Labute approximate surface area is 431 Å². The Hall–Kier alpha value is -2.49. The molecule has 0 aliphatic carbocycles. The van der Waals surface area contributed by atoms with Crippen LogP contribution >= 0.6 is 0 Å². The lowest BCUT2D eigenvalue weighted by Crippen LogP contribution is -2.67. The van der Waals surface area contributed by atoms with Crippen LogP contribution in [0, 0.1) is 0 Å². The lowest BCUT2D eigenvalue weighted by molar-refractivity contribution is -0.211. The maximum atomic E-state index is 13.0. The molecule has 2 aromatic rings. The van der Waals surface area contributed by atoms with Crippen LogP contribution in [0.15, 0.2) is 72.3 Å². The van der Waals surface area contributed by atoms with Crippen molar-refractivity contribution in [2.45, 2.75) is 242 Å². The van der Waals surface area contributed by atoms with Gasteiger partial charge in [0.05, 0.1) is 48.8 Å². The number of unbranched alkanes of at least 4 members (excludes halogenated alkanes) is 11. The van der Waals surface area contributed by atoms with Crippen LogP contribution in [0.25, 0.3) is 0 Å². The van der Waals surface area contributed by atoms with E-state index in [1.807, 2.05) is 13.0 Å². The second-order valence-electron chi connectivity index (χ2n) is 21.6. The van der Waals surface area contributed by atoms with Gasteiger partial charge in [0.25, 0.3) is 8.32 Å². The molecule has 0 N–H and O–H groups in total. The fourth-order valence-corrected chi connectivity index (χ4v) is 16.0. The average molecular weight is 1010 g/mol. The second kappa shape index (κ2) is 32.7.